The number of benzene rings is 3. The van der Waals surface area contributed by atoms with Gasteiger partial charge in [0.15, 0.2) is 5.78 Å². The molecule has 4 rings (SSSR count). The zero-order chi connectivity index (χ0) is 17.4. The van der Waals surface area contributed by atoms with Crippen molar-refractivity contribution < 1.29 is 9.72 Å². The molecule has 3 aromatic carbocycles. The first-order chi connectivity index (χ1) is 12.2. The van der Waals surface area contributed by atoms with Crippen molar-refractivity contribution in [3.8, 4) is 0 Å². The molecule has 0 amide bonds. The Morgan fingerprint density at radius 2 is 1.20 bits per heavy atom. The summed E-state index contributed by atoms with van der Waals surface area (Å²) in [6, 6.07) is 23.3. The standard InChI is InChI=1S/C21H13NO3/c23-21-18-9-5-4-8-17(18)19(20(21)14-6-2-1-3-7-14)15-10-12-16(13-11-15)22(24)25/h1-13H. The zero-order valence-electron chi connectivity index (χ0n) is 13.2. The van der Waals surface area contributed by atoms with Gasteiger partial charge < -0.3 is 0 Å². The maximum absolute atomic E-state index is 13.0. The summed E-state index contributed by atoms with van der Waals surface area (Å²) in [6.07, 6.45) is 0. The molecule has 0 fully saturated rings. The van der Waals surface area contributed by atoms with E-state index in [1.165, 1.54) is 12.1 Å². The van der Waals surface area contributed by atoms with Crippen molar-refractivity contribution in [3.05, 3.63) is 111 Å². The Morgan fingerprint density at radius 3 is 1.84 bits per heavy atom. The number of ketones is 1. The van der Waals surface area contributed by atoms with Gasteiger partial charge in [0.05, 0.1) is 4.92 Å². The maximum atomic E-state index is 13.0. The van der Waals surface area contributed by atoms with Gasteiger partial charge in [0.1, 0.15) is 0 Å². The number of fused-ring (bicyclic) bond motifs is 1. The van der Waals surface area contributed by atoms with E-state index in [0.717, 1.165) is 22.3 Å². The van der Waals surface area contributed by atoms with Crippen molar-refractivity contribution in [1.29, 1.82) is 0 Å². The van der Waals surface area contributed by atoms with Gasteiger partial charge >= 0.3 is 0 Å². The molecule has 0 aromatic heterocycles. The number of hydrogen-bond donors (Lipinski definition) is 0. The van der Waals surface area contributed by atoms with E-state index >= 15 is 0 Å². The van der Waals surface area contributed by atoms with Crippen LogP contribution in [0.2, 0.25) is 0 Å². The van der Waals surface area contributed by atoms with Gasteiger partial charge in [0, 0.05) is 28.8 Å². The summed E-state index contributed by atoms with van der Waals surface area (Å²) in [4.78, 5) is 23.5. The Balaban J connectivity index is 1.97. The first-order valence-corrected chi connectivity index (χ1v) is 7.85. The van der Waals surface area contributed by atoms with Crippen LogP contribution in [-0.4, -0.2) is 10.7 Å². The van der Waals surface area contributed by atoms with Crippen molar-refractivity contribution in [1.82, 2.24) is 0 Å². The summed E-state index contributed by atoms with van der Waals surface area (Å²) in [5.74, 6) is -0.0184. The monoisotopic (exact) mass is 327 g/mol. The summed E-state index contributed by atoms with van der Waals surface area (Å²) in [5.41, 5.74) is 4.65. The van der Waals surface area contributed by atoms with Gasteiger partial charge in [-0.15, -0.1) is 0 Å². The average Bonchev–Trinajstić information content (AvgIpc) is 2.95. The van der Waals surface area contributed by atoms with Gasteiger partial charge in [-0.3, -0.25) is 14.9 Å². The number of carbonyl (C=O) groups excluding carboxylic acids is 1. The highest BCUT2D eigenvalue weighted by Gasteiger charge is 2.31. The number of allylic oxidation sites excluding steroid dienone is 1. The maximum Gasteiger partial charge on any atom is 0.269 e. The van der Waals surface area contributed by atoms with Crippen molar-refractivity contribution in [3.63, 3.8) is 0 Å². The molecule has 0 radical (unpaired) electrons. The van der Waals surface area contributed by atoms with E-state index in [9.17, 15) is 14.9 Å². The number of hydrogen-bond acceptors (Lipinski definition) is 3. The molecule has 0 saturated heterocycles. The molecule has 1 aliphatic carbocycles. The van der Waals surface area contributed by atoms with Crippen LogP contribution in [0.3, 0.4) is 0 Å². The van der Waals surface area contributed by atoms with Gasteiger partial charge in [-0.1, -0.05) is 54.6 Å². The van der Waals surface area contributed by atoms with Crippen molar-refractivity contribution >= 4 is 22.6 Å². The third-order valence-corrected chi connectivity index (χ3v) is 4.35. The predicted molar refractivity (Wildman–Crippen MR) is 96.2 cm³/mol. The fraction of sp³-hybridized carbons (Fsp3) is 0. The molecule has 4 nitrogen and oxygen atoms in total. The van der Waals surface area contributed by atoms with Crippen LogP contribution in [0.4, 0.5) is 5.69 Å². The zero-order valence-corrected chi connectivity index (χ0v) is 13.2. The topological polar surface area (TPSA) is 60.2 Å². The second-order valence-corrected chi connectivity index (χ2v) is 5.79. The third-order valence-electron chi connectivity index (χ3n) is 4.35. The molecule has 0 spiro atoms. The summed E-state index contributed by atoms with van der Waals surface area (Å²) < 4.78 is 0. The number of non-ortho nitro benzene ring substituents is 1. The summed E-state index contributed by atoms with van der Waals surface area (Å²) in [5, 5.41) is 10.9. The molecule has 120 valence electrons. The van der Waals surface area contributed by atoms with E-state index in [0.29, 0.717) is 11.1 Å². The van der Waals surface area contributed by atoms with Crippen LogP contribution < -0.4 is 0 Å². The van der Waals surface area contributed by atoms with E-state index in [4.69, 9.17) is 0 Å². The van der Waals surface area contributed by atoms with E-state index in [2.05, 4.69) is 0 Å². The highest BCUT2D eigenvalue weighted by atomic mass is 16.6. The third kappa shape index (κ3) is 2.44. The molecule has 0 saturated carbocycles. The molecule has 0 unspecified atom stereocenters. The first kappa shape index (κ1) is 15.0. The van der Waals surface area contributed by atoms with Crippen LogP contribution in [0, 0.1) is 10.1 Å². The highest BCUT2D eigenvalue weighted by molar-refractivity contribution is 6.41. The highest BCUT2D eigenvalue weighted by Crippen LogP contribution is 2.42. The largest absolute Gasteiger partial charge is 0.289 e. The lowest BCUT2D eigenvalue weighted by Gasteiger charge is -2.08. The van der Waals surface area contributed by atoms with Gasteiger partial charge in [0.2, 0.25) is 0 Å². The SMILES string of the molecule is O=C1C(c2ccccc2)=C(c2ccc([N+](=O)[O-])cc2)c2ccccc21. The quantitative estimate of drug-likeness (QED) is 0.515. The lowest BCUT2D eigenvalue weighted by molar-refractivity contribution is -0.384. The lowest BCUT2D eigenvalue weighted by atomic mass is 9.94. The minimum atomic E-state index is -0.427. The lowest BCUT2D eigenvalue weighted by Crippen LogP contribution is -1.98. The van der Waals surface area contributed by atoms with E-state index in [1.807, 2.05) is 54.6 Å². The van der Waals surface area contributed by atoms with Gasteiger partial charge in [-0.05, 0) is 28.8 Å². The molecule has 4 heteroatoms. The minimum absolute atomic E-state index is 0.0184. The Kier molecular flexibility index (Phi) is 3.51. The second-order valence-electron chi connectivity index (χ2n) is 5.79. The number of rotatable bonds is 3. The van der Waals surface area contributed by atoms with Crippen molar-refractivity contribution in [2.75, 3.05) is 0 Å². The second kappa shape index (κ2) is 5.83. The Labute approximate surface area is 144 Å². The summed E-state index contributed by atoms with van der Waals surface area (Å²) in [7, 11) is 0. The molecule has 25 heavy (non-hydrogen) atoms. The van der Waals surface area contributed by atoms with E-state index in [-0.39, 0.29) is 11.5 Å². The molecule has 0 atom stereocenters. The molecular weight excluding hydrogens is 314 g/mol. The number of Topliss-reactive ketones (excluding diaryl/α,β-unsaturated/α-hetero) is 1. The normalized spacial score (nSPS) is 13.0. The molecule has 1 aliphatic rings. The minimum Gasteiger partial charge on any atom is -0.289 e. The molecule has 0 N–H and O–H groups in total. The Bertz CT molecular complexity index is 1020. The smallest absolute Gasteiger partial charge is 0.269 e. The number of nitro groups is 1. The van der Waals surface area contributed by atoms with Crippen LogP contribution in [0.15, 0.2) is 78.9 Å². The van der Waals surface area contributed by atoms with Gasteiger partial charge in [0.25, 0.3) is 5.69 Å². The Hall–Kier alpha value is -3.53. The van der Waals surface area contributed by atoms with Crippen LogP contribution >= 0.6 is 0 Å². The number of nitro benzene ring substituents is 1. The van der Waals surface area contributed by atoms with Crippen LogP contribution in [0.25, 0.3) is 11.1 Å². The van der Waals surface area contributed by atoms with Crippen LogP contribution in [0.1, 0.15) is 27.0 Å². The van der Waals surface area contributed by atoms with E-state index in [1.54, 1.807) is 12.1 Å². The molecular formula is C21H13NO3. The van der Waals surface area contributed by atoms with Crippen LogP contribution in [-0.2, 0) is 0 Å². The molecule has 0 bridgehead atoms. The first-order valence-electron chi connectivity index (χ1n) is 7.85. The van der Waals surface area contributed by atoms with E-state index < -0.39 is 4.92 Å². The molecule has 3 aromatic rings. The summed E-state index contributed by atoms with van der Waals surface area (Å²) in [6.45, 7) is 0. The average molecular weight is 327 g/mol. The number of carbonyl (C=O) groups is 1. The fourth-order valence-electron chi connectivity index (χ4n) is 3.21. The Morgan fingerprint density at radius 1 is 0.640 bits per heavy atom. The van der Waals surface area contributed by atoms with Crippen molar-refractivity contribution in [2.45, 2.75) is 0 Å². The number of nitrogens with zero attached hydrogens (tertiary/aromatic N) is 1. The predicted octanol–water partition coefficient (Wildman–Crippen LogP) is 4.75. The summed E-state index contributed by atoms with van der Waals surface area (Å²) >= 11 is 0. The van der Waals surface area contributed by atoms with Crippen LogP contribution in [0.5, 0.6) is 0 Å². The van der Waals surface area contributed by atoms with Gasteiger partial charge in [-0.2, -0.15) is 0 Å². The molecule has 0 aliphatic heterocycles. The molecule has 0 heterocycles. The van der Waals surface area contributed by atoms with Crippen molar-refractivity contribution in [2.24, 2.45) is 0 Å². The fourth-order valence-corrected chi connectivity index (χ4v) is 3.21. The van der Waals surface area contributed by atoms with Gasteiger partial charge in [-0.25, -0.2) is 0 Å².